The largest absolute Gasteiger partial charge is 0.463 e. The van der Waals surface area contributed by atoms with Crippen LogP contribution in [0.4, 0.5) is 4.39 Å². The fraction of sp³-hybridized carbons (Fsp3) is 0.500. The maximum absolute atomic E-state index is 13.3. The molecular formula is C14H17FO3. The van der Waals surface area contributed by atoms with Gasteiger partial charge in [-0.2, -0.15) is 0 Å². The van der Waals surface area contributed by atoms with Crippen molar-refractivity contribution in [3.8, 4) is 0 Å². The number of rotatable bonds is 5. The highest BCUT2D eigenvalue weighted by atomic mass is 19.1. The average Bonchev–Trinajstić information content (AvgIpc) is 2.88. The molecule has 0 amide bonds. The Morgan fingerprint density at radius 2 is 2.28 bits per heavy atom. The van der Waals surface area contributed by atoms with Crippen LogP contribution >= 0.6 is 0 Å². The van der Waals surface area contributed by atoms with Gasteiger partial charge in [0, 0.05) is 13.0 Å². The zero-order valence-corrected chi connectivity index (χ0v) is 10.2. The summed E-state index contributed by atoms with van der Waals surface area (Å²) >= 11 is 0. The number of hydrogen-bond donors (Lipinski definition) is 0. The van der Waals surface area contributed by atoms with E-state index in [9.17, 15) is 9.18 Å². The predicted molar refractivity (Wildman–Crippen MR) is 64.7 cm³/mol. The first kappa shape index (κ1) is 13.0. The number of aryl methyl sites for hydroxylation is 1. The fourth-order valence-corrected chi connectivity index (χ4v) is 1.97. The van der Waals surface area contributed by atoms with Crippen molar-refractivity contribution < 1.29 is 18.7 Å². The first-order chi connectivity index (χ1) is 8.75. The van der Waals surface area contributed by atoms with Crippen molar-refractivity contribution in [3.63, 3.8) is 0 Å². The van der Waals surface area contributed by atoms with Crippen molar-refractivity contribution in [2.45, 2.75) is 31.8 Å². The summed E-state index contributed by atoms with van der Waals surface area (Å²) in [7, 11) is 0. The van der Waals surface area contributed by atoms with Crippen LogP contribution in [0.5, 0.6) is 0 Å². The molecule has 3 nitrogen and oxygen atoms in total. The van der Waals surface area contributed by atoms with E-state index in [2.05, 4.69) is 0 Å². The van der Waals surface area contributed by atoms with Gasteiger partial charge in [-0.15, -0.1) is 0 Å². The van der Waals surface area contributed by atoms with Crippen molar-refractivity contribution in [1.82, 2.24) is 0 Å². The number of esters is 1. The van der Waals surface area contributed by atoms with Crippen molar-refractivity contribution >= 4 is 5.97 Å². The molecule has 1 aromatic carbocycles. The number of benzene rings is 1. The summed E-state index contributed by atoms with van der Waals surface area (Å²) in [6.45, 7) is 1.06. The van der Waals surface area contributed by atoms with Crippen LogP contribution in [-0.2, 0) is 20.7 Å². The molecular weight excluding hydrogens is 235 g/mol. The third-order valence-electron chi connectivity index (χ3n) is 3.01. The van der Waals surface area contributed by atoms with E-state index in [1.165, 1.54) is 6.07 Å². The van der Waals surface area contributed by atoms with Crippen LogP contribution < -0.4 is 0 Å². The number of carbonyl (C=O) groups excluding carboxylic acids is 1. The second kappa shape index (κ2) is 6.50. The van der Waals surface area contributed by atoms with Crippen LogP contribution in [-0.4, -0.2) is 25.3 Å². The first-order valence-electron chi connectivity index (χ1n) is 6.26. The smallest absolute Gasteiger partial charge is 0.306 e. The molecule has 1 atom stereocenters. The van der Waals surface area contributed by atoms with Crippen molar-refractivity contribution in [2.75, 3.05) is 13.2 Å². The number of halogens is 1. The van der Waals surface area contributed by atoms with Gasteiger partial charge < -0.3 is 9.47 Å². The van der Waals surface area contributed by atoms with Crippen LogP contribution in [0, 0.1) is 5.82 Å². The molecule has 1 saturated heterocycles. The Bertz CT molecular complexity index is 400. The highest BCUT2D eigenvalue weighted by molar-refractivity contribution is 5.69. The van der Waals surface area contributed by atoms with Crippen molar-refractivity contribution in [2.24, 2.45) is 0 Å². The molecule has 18 heavy (non-hydrogen) atoms. The van der Waals surface area contributed by atoms with Gasteiger partial charge in [0.15, 0.2) is 0 Å². The van der Waals surface area contributed by atoms with E-state index in [1.54, 1.807) is 18.2 Å². The van der Waals surface area contributed by atoms with Crippen LogP contribution in [0.25, 0.3) is 0 Å². The fourth-order valence-electron chi connectivity index (χ4n) is 1.97. The van der Waals surface area contributed by atoms with Crippen LogP contribution in [0.2, 0.25) is 0 Å². The van der Waals surface area contributed by atoms with Crippen molar-refractivity contribution in [3.05, 3.63) is 35.6 Å². The highest BCUT2D eigenvalue weighted by Gasteiger charge is 2.17. The molecule has 4 heteroatoms. The Labute approximate surface area is 106 Å². The maximum atomic E-state index is 13.3. The van der Waals surface area contributed by atoms with E-state index in [0.717, 1.165) is 19.4 Å². The summed E-state index contributed by atoms with van der Waals surface area (Å²) in [6, 6.07) is 6.47. The summed E-state index contributed by atoms with van der Waals surface area (Å²) in [4.78, 5) is 11.5. The molecule has 1 unspecified atom stereocenters. The van der Waals surface area contributed by atoms with E-state index in [4.69, 9.17) is 9.47 Å². The molecule has 1 fully saturated rings. The Hall–Kier alpha value is -1.42. The normalized spacial score (nSPS) is 18.8. The average molecular weight is 252 g/mol. The van der Waals surface area contributed by atoms with Gasteiger partial charge in [-0.1, -0.05) is 18.2 Å². The van der Waals surface area contributed by atoms with Gasteiger partial charge in [-0.05, 0) is 30.9 Å². The summed E-state index contributed by atoms with van der Waals surface area (Å²) in [6.07, 6.45) is 2.59. The van der Waals surface area contributed by atoms with E-state index in [-0.39, 0.29) is 24.3 Å². The van der Waals surface area contributed by atoms with Crippen molar-refractivity contribution in [1.29, 1.82) is 0 Å². The summed E-state index contributed by atoms with van der Waals surface area (Å²) in [5.41, 5.74) is 0.548. The third kappa shape index (κ3) is 3.81. The Morgan fingerprint density at radius 1 is 1.44 bits per heavy atom. The standard InChI is InChI=1S/C14H17FO3/c15-13-6-2-1-4-11(13)7-8-14(16)18-10-12-5-3-9-17-12/h1-2,4,6,12H,3,5,7-10H2. The molecule has 1 heterocycles. The summed E-state index contributed by atoms with van der Waals surface area (Å²) < 4.78 is 23.7. The van der Waals surface area contributed by atoms with Gasteiger partial charge in [0.25, 0.3) is 0 Å². The Kier molecular flexibility index (Phi) is 4.70. The molecule has 1 aromatic rings. The van der Waals surface area contributed by atoms with Gasteiger partial charge in [0.05, 0.1) is 6.10 Å². The summed E-state index contributed by atoms with van der Waals surface area (Å²) in [5, 5.41) is 0. The molecule has 98 valence electrons. The second-order valence-electron chi connectivity index (χ2n) is 4.41. The molecule has 0 spiro atoms. The van der Waals surface area contributed by atoms with Crippen LogP contribution in [0.3, 0.4) is 0 Å². The molecule has 0 aliphatic carbocycles. The minimum atomic E-state index is -0.297. The lowest BCUT2D eigenvalue weighted by molar-refractivity contribution is -0.146. The van der Waals surface area contributed by atoms with E-state index >= 15 is 0 Å². The molecule has 0 saturated carbocycles. The molecule has 0 radical (unpaired) electrons. The zero-order valence-electron chi connectivity index (χ0n) is 10.2. The SMILES string of the molecule is O=C(CCc1ccccc1F)OCC1CCCO1. The molecule has 1 aliphatic heterocycles. The topological polar surface area (TPSA) is 35.5 Å². The quantitative estimate of drug-likeness (QED) is 0.755. The minimum absolute atomic E-state index is 0.0439. The van der Waals surface area contributed by atoms with E-state index < -0.39 is 0 Å². The molecule has 0 bridgehead atoms. The Balaban J connectivity index is 1.69. The lowest BCUT2D eigenvalue weighted by Crippen LogP contribution is -2.18. The monoisotopic (exact) mass is 252 g/mol. The van der Waals surface area contributed by atoms with Gasteiger partial charge in [0.1, 0.15) is 12.4 Å². The molecule has 1 aliphatic rings. The highest BCUT2D eigenvalue weighted by Crippen LogP contribution is 2.13. The van der Waals surface area contributed by atoms with Gasteiger partial charge in [-0.25, -0.2) is 4.39 Å². The van der Waals surface area contributed by atoms with Gasteiger partial charge in [0.2, 0.25) is 0 Å². The number of carbonyl (C=O) groups is 1. The van der Waals surface area contributed by atoms with Crippen LogP contribution in [0.15, 0.2) is 24.3 Å². The lowest BCUT2D eigenvalue weighted by Gasteiger charge is -2.10. The second-order valence-corrected chi connectivity index (χ2v) is 4.41. The third-order valence-corrected chi connectivity index (χ3v) is 3.01. The summed E-state index contributed by atoms with van der Waals surface area (Å²) in [5.74, 6) is -0.571. The Morgan fingerprint density at radius 3 is 3.00 bits per heavy atom. The van der Waals surface area contributed by atoms with Crippen LogP contribution in [0.1, 0.15) is 24.8 Å². The number of hydrogen-bond acceptors (Lipinski definition) is 3. The zero-order chi connectivity index (χ0) is 12.8. The van der Waals surface area contributed by atoms with E-state index in [0.29, 0.717) is 18.6 Å². The van der Waals surface area contributed by atoms with E-state index in [1.807, 2.05) is 0 Å². The van der Waals surface area contributed by atoms with Gasteiger partial charge in [-0.3, -0.25) is 4.79 Å². The molecule has 2 rings (SSSR count). The van der Waals surface area contributed by atoms with Gasteiger partial charge >= 0.3 is 5.97 Å². The number of ether oxygens (including phenoxy) is 2. The predicted octanol–water partition coefficient (Wildman–Crippen LogP) is 2.48. The lowest BCUT2D eigenvalue weighted by atomic mass is 10.1. The maximum Gasteiger partial charge on any atom is 0.306 e. The molecule has 0 aromatic heterocycles. The molecule has 0 N–H and O–H groups in total. The first-order valence-corrected chi connectivity index (χ1v) is 6.26. The minimum Gasteiger partial charge on any atom is -0.463 e.